The lowest BCUT2D eigenvalue weighted by molar-refractivity contribution is 0.396. The highest BCUT2D eigenvalue weighted by molar-refractivity contribution is 5.37. The van der Waals surface area contributed by atoms with Gasteiger partial charge in [-0.25, -0.2) is 4.98 Å². The predicted molar refractivity (Wildman–Crippen MR) is 63.8 cm³/mol. The van der Waals surface area contributed by atoms with Crippen molar-refractivity contribution in [1.29, 1.82) is 0 Å². The Balaban J connectivity index is 2.19. The Hall–Kier alpha value is -1.58. The van der Waals surface area contributed by atoms with Crippen LogP contribution in [0.15, 0.2) is 23.4 Å². The van der Waals surface area contributed by atoms with Gasteiger partial charge in [-0.3, -0.25) is 0 Å². The van der Waals surface area contributed by atoms with Crippen molar-refractivity contribution in [2.45, 2.75) is 20.3 Å². The van der Waals surface area contributed by atoms with E-state index in [9.17, 15) is 0 Å². The Morgan fingerprint density at radius 3 is 2.81 bits per heavy atom. The summed E-state index contributed by atoms with van der Waals surface area (Å²) < 4.78 is 5.10. The van der Waals surface area contributed by atoms with Gasteiger partial charge in [0.15, 0.2) is 0 Å². The molecule has 0 saturated carbocycles. The van der Waals surface area contributed by atoms with Crippen molar-refractivity contribution in [3.05, 3.63) is 23.4 Å². The summed E-state index contributed by atoms with van der Waals surface area (Å²) in [5.41, 5.74) is 2.90. The summed E-state index contributed by atoms with van der Waals surface area (Å²) in [4.78, 5) is 10.8. The first-order valence-electron chi connectivity index (χ1n) is 5.48. The third-order valence-corrected chi connectivity index (χ3v) is 3.02. The molecule has 1 aliphatic heterocycles. The van der Waals surface area contributed by atoms with Crippen LogP contribution in [0.4, 0.5) is 5.95 Å². The first kappa shape index (κ1) is 10.9. The van der Waals surface area contributed by atoms with Crippen LogP contribution < -0.4 is 9.64 Å². The van der Waals surface area contributed by atoms with Gasteiger partial charge in [0.25, 0.3) is 0 Å². The Labute approximate surface area is 96.0 Å². The molecule has 4 heteroatoms. The summed E-state index contributed by atoms with van der Waals surface area (Å²) in [5.74, 6) is 1.38. The molecule has 0 aromatic carbocycles. The number of ether oxygens (including phenoxy) is 1. The highest BCUT2D eigenvalue weighted by Gasteiger charge is 2.16. The van der Waals surface area contributed by atoms with E-state index < -0.39 is 0 Å². The summed E-state index contributed by atoms with van der Waals surface area (Å²) in [6.45, 7) is 6.26. The molecular weight excluding hydrogens is 202 g/mol. The van der Waals surface area contributed by atoms with E-state index in [1.807, 2.05) is 0 Å². The van der Waals surface area contributed by atoms with Crippen LogP contribution in [0.3, 0.4) is 0 Å². The van der Waals surface area contributed by atoms with Crippen molar-refractivity contribution >= 4 is 5.95 Å². The molecule has 0 amide bonds. The van der Waals surface area contributed by atoms with Crippen molar-refractivity contribution in [1.82, 2.24) is 9.97 Å². The van der Waals surface area contributed by atoms with Gasteiger partial charge in [-0.2, -0.15) is 4.98 Å². The van der Waals surface area contributed by atoms with Crippen LogP contribution in [0, 0.1) is 0 Å². The topological polar surface area (TPSA) is 38.2 Å². The molecule has 0 unspecified atom stereocenters. The molecule has 0 bridgehead atoms. The normalized spacial score (nSPS) is 16.6. The van der Waals surface area contributed by atoms with E-state index in [2.05, 4.69) is 28.7 Å². The molecule has 4 nitrogen and oxygen atoms in total. The second kappa shape index (κ2) is 4.51. The fourth-order valence-corrected chi connectivity index (χ4v) is 1.79. The monoisotopic (exact) mass is 219 g/mol. The second-order valence-electron chi connectivity index (χ2n) is 4.13. The van der Waals surface area contributed by atoms with Gasteiger partial charge in [0.1, 0.15) is 0 Å². The molecule has 2 heterocycles. The van der Waals surface area contributed by atoms with Gasteiger partial charge in [-0.15, -0.1) is 0 Å². The molecule has 2 rings (SSSR count). The number of rotatable bonds is 2. The molecule has 1 aliphatic rings. The molecule has 0 radical (unpaired) electrons. The lowest BCUT2D eigenvalue weighted by atomic mass is 10.0. The van der Waals surface area contributed by atoms with E-state index in [0.717, 1.165) is 25.5 Å². The van der Waals surface area contributed by atoms with E-state index in [4.69, 9.17) is 4.74 Å². The van der Waals surface area contributed by atoms with Gasteiger partial charge >= 0.3 is 0 Å². The smallest absolute Gasteiger partial charge is 0.228 e. The largest absolute Gasteiger partial charge is 0.481 e. The number of aromatic nitrogens is 2. The van der Waals surface area contributed by atoms with Crippen LogP contribution in [-0.2, 0) is 0 Å². The van der Waals surface area contributed by atoms with Crippen molar-refractivity contribution in [2.24, 2.45) is 0 Å². The zero-order chi connectivity index (χ0) is 11.5. The first-order chi connectivity index (χ1) is 7.70. The minimum Gasteiger partial charge on any atom is -0.481 e. The van der Waals surface area contributed by atoms with Gasteiger partial charge in [0, 0.05) is 25.4 Å². The molecule has 0 saturated heterocycles. The molecule has 0 aliphatic carbocycles. The molecule has 0 N–H and O–H groups in total. The minimum absolute atomic E-state index is 0.619. The van der Waals surface area contributed by atoms with Crippen LogP contribution in [-0.4, -0.2) is 30.2 Å². The quantitative estimate of drug-likeness (QED) is 0.713. The average molecular weight is 219 g/mol. The molecular formula is C12H17N3O. The van der Waals surface area contributed by atoms with Crippen LogP contribution in [0.5, 0.6) is 5.88 Å². The van der Waals surface area contributed by atoms with Crippen molar-refractivity contribution in [3.8, 4) is 5.88 Å². The van der Waals surface area contributed by atoms with Crippen LogP contribution in [0.25, 0.3) is 0 Å². The Kier molecular flexibility index (Phi) is 3.08. The fraction of sp³-hybridized carbons (Fsp3) is 0.500. The third-order valence-electron chi connectivity index (χ3n) is 3.02. The maximum Gasteiger partial charge on any atom is 0.228 e. The second-order valence-corrected chi connectivity index (χ2v) is 4.13. The summed E-state index contributed by atoms with van der Waals surface area (Å²) in [5, 5.41) is 0. The molecule has 1 aromatic heterocycles. The molecule has 0 spiro atoms. The number of methoxy groups -OCH3 is 1. The zero-order valence-corrected chi connectivity index (χ0v) is 10.0. The lowest BCUT2D eigenvalue weighted by Crippen LogP contribution is -2.32. The van der Waals surface area contributed by atoms with E-state index in [0.29, 0.717) is 5.88 Å². The minimum atomic E-state index is 0.619. The average Bonchev–Trinajstić information content (AvgIpc) is 2.33. The first-order valence-corrected chi connectivity index (χ1v) is 5.48. The fourth-order valence-electron chi connectivity index (χ4n) is 1.79. The zero-order valence-electron chi connectivity index (χ0n) is 10.0. The van der Waals surface area contributed by atoms with Gasteiger partial charge < -0.3 is 9.64 Å². The SMILES string of the molecule is COc1ccnc(N2CCC(C)=C(C)C2)n1. The van der Waals surface area contributed by atoms with Gasteiger partial charge in [0.2, 0.25) is 11.8 Å². The Bertz CT molecular complexity index is 414. The van der Waals surface area contributed by atoms with E-state index in [-0.39, 0.29) is 0 Å². The van der Waals surface area contributed by atoms with Gasteiger partial charge in [0.05, 0.1) is 7.11 Å². The highest BCUT2D eigenvalue weighted by Crippen LogP contribution is 2.21. The van der Waals surface area contributed by atoms with Crippen molar-refractivity contribution in [2.75, 3.05) is 25.1 Å². The third kappa shape index (κ3) is 2.15. The number of nitrogens with zero attached hydrogens (tertiary/aromatic N) is 3. The predicted octanol–water partition coefficient (Wildman–Crippen LogP) is 2.03. The van der Waals surface area contributed by atoms with Crippen LogP contribution in [0.2, 0.25) is 0 Å². The maximum atomic E-state index is 5.10. The summed E-state index contributed by atoms with van der Waals surface area (Å²) >= 11 is 0. The van der Waals surface area contributed by atoms with Crippen LogP contribution in [0.1, 0.15) is 20.3 Å². The summed E-state index contributed by atoms with van der Waals surface area (Å²) in [6.07, 6.45) is 2.83. The molecule has 16 heavy (non-hydrogen) atoms. The Morgan fingerprint density at radius 1 is 1.31 bits per heavy atom. The molecule has 0 fully saturated rings. The van der Waals surface area contributed by atoms with E-state index in [1.165, 1.54) is 11.1 Å². The summed E-state index contributed by atoms with van der Waals surface area (Å²) in [6, 6.07) is 1.77. The molecule has 86 valence electrons. The van der Waals surface area contributed by atoms with E-state index >= 15 is 0 Å². The maximum absolute atomic E-state index is 5.10. The number of hydrogen-bond donors (Lipinski definition) is 0. The number of hydrogen-bond acceptors (Lipinski definition) is 4. The van der Waals surface area contributed by atoms with Crippen molar-refractivity contribution in [3.63, 3.8) is 0 Å². The van der Waals surface area contributed by atoms with Gasteiger partial charge in [-0.05, 0) is 20.3 Å². The Morgan fingerprint density at radius 2 is 2.12 bits per heavy atom. The summed E-state index contributed by atoms with van der Waals surface area (Å²) in [7, 11) is 1.62. The van der Waals surface area contributed by atoms with Gasteiger partial charge in [-0.1, -0.05) is 11.1 Å². The van der Waals surface area contributed by atoms with Crippen molar-refractivity contribution < 1.29 is 4.74 Å². The lowest BCUT2D eigenvalue weighted by Gasteiger charge is -2.28. The number of anilines is 1. The molecule has 1 aromatic rings. The highest BCUT2D eigenvalue weighted by atomic mass is 16.5. The van der Waals surface area contributed by atoms with Crippen LogP contribution >= 0.6 is 0 Å². The molecule has 0 atom stereocenters. The standard InChI is InChI=1S/C12H17N3O/c1-9-5-7-15(8-10(9)2)12-13-6-4-11(14-12)16-3/h4,6H,5,7-8H2,1-3H3. The van der Waals surface area contributed by atoms with E-state index in [1.54, 1.807) is 19.4 Å².